The molecule has 0 heterocycles. The first kappa shape index (κ1) is 33.7. The molecule has 0 atom stereocenters. The van der Waals surface area contributed by atoms with Crippen LogP contribution in [-0.4, -0.2) is 38.5 Å². The monoisotopic (exact) mass is 510 g/mol. The van der Waals surface area contributed by atoms with E-state index in [1.54, 1.807) is 13.8 Å². The van der Waals surface area contributed by atoms with Crippen LogP contribution < -0.4 is 0 Å². The van der Waals surface area contributed by atoms with Crippen LogP contribution in [-0.2, 0) is 9.59 Å². The average Bonchev–Trinajstić information content (AvgIpc) is 2.73. The molecular weight excluding hydrogens is 460 g/mol. The zero-order valence-corrected chi connectivity index (χ0v) is 23.6. The predicted octanol–water partition coefficient (Wildman–Crippen LogP) is 7.96. The van der Waals surface area contributed by atoms with Gasteiger partial charge in [0.2, 0.25) is 0 Å². The fourth-order valence-corrected chi connectivity index (χ4v) is 5.15. The minimum Gasteiger partial charge on any atom is -0.478 e. The zero-order chi connectivity index (χ0) is 28.3. The second-order valence-corrected chi connectivity index (χ2v) is 12.5. The van der Waals surface area contributed by atoms with E-state index >= 15 is 0 Å². The molecule has 208 valence electrons. The van der Waals surface area contributed by atoms with E-state index in [0.717, 1.165) is 37.5 Å². The highest BCUT2D eigenvalue weighted by Gasteiger charge is 2.30. The van der Waals surface area contributed by atoms with Gasteiger partial charge in [0.25, 0.3) is 0 Å². The summed E-state index contributed by atoms with van der Waals surface area (Å²) in [7, 11) is 0. The van der Waals surface area contributed by atoms with Crippen molar-refractivity contribution in [2.45, 2.75) is 107 Å². The molecular formula is C29H50O7. The van der Waals surface area contributed by atoms with Crippen molar-refractivity contribution in [1.82, 2.24) is 0 Å². The summed E-state index contributed by atoms with van der Waals surface area (Å²) in [5, 5.41) is 31.6. The van der Waals surface area contributed by atoms with Crippen molar-refractivity contribution in [2.75, 3.05) is 0 Å². The highest BCUT2D eigenvalue weighted by Crippen LogP contribution is 2.41. The Balaban J connectivity index is 0.000000593. The molecule has 2 rings (SSSR count). The largest absolute Gasteiger partial charge is 0.503 e. The van der Waals surface area contributed by atoms with E-state index in [0.29, 0.717) is 33.8 Å². The molecule has 0 saturated heterocycles. The molecule has 0 aromatic rings. The zero-order valence-electron chi connectivity index (χ0n) is 23.6. The first-order chi connectivity index (χ1) is 16.3. The number of carboxylic acid groups (broad SMARTS) is 4. The molecule has 4 N–H and O–H groups in total. The summed E-state index contributed by atoms with van der Waals surface area (Å²) in [5.74, 6) is 0.991. The van der Waals surface area contributed by atoms with Crippen molar-refractivity contribution >= 4 is 18.1 Å². The van der Waals surface area contributed by atoms with Gasteiger partial charge in [0, 0.05) is 11.1 Å². The van der Waals surface area contributed by atoms with E-state index in [9.17, 15) is 9.59 Å². The lowest BCUT2D eigenvalue weighted by Gasteiger charge is -2.36. The van der Waals surface area contributed by atoms with Crippen LogP contribution in [0.25, 0.3) is 0 Å². The molecule has 0 unspecified atom stereocenters. The maximum atomic E-state index is 10.7. The molecule has 36 heavy (non-hydrogen) atoms. The van der Waals surface area contributed by atoms with Crippen LogP contribution in [0.15, 0.2) is 23.3 Å². The molecule has 0 radical (unpaired) electrons. The van der Waals surface area contributed by atoms with Gasteiger partial charge in [-0.1, -0.05) is 53.7 Å². The Morgan fingerprint density at radius 1 is 0.556 bits per heavy atom. The quantitative estimate of drug-likeness (QED) is 0.282. The van der Waals surface area contributed by atoms with E-state index in [1.165, 1.54) is 25.7 Å². The first-order valence-electron chi connectivity index (χ1n) is 13.1. The average molecular weight is 511 g/mol. The predicted molar refractivity (Wildman–Crippen MR) is 143 cm³/mol. The van der Waals surface area contributed by atoms with E-state index < -0.39 is 18.1 Å². The van der Waals surface area contributed by atoms with Crippen molar-refractivity contribution in [2.24, 2.45) is 34.5 Å². The van der Waals surface area contributed by atoms with Crippen molar-refractivity contribution in [3.8, 4) is 0 Å². The van der Waals surface area contributed by atoms with E-state index in [4.69, 9.17) is 25.2 Å². The van der Waals surface area contributed by atoms with Crippen molar-refractivity contribution in [3.63, 3.8) is 0 Å². The van der Waals surface area contributed by atoms with Crippen molar-refractivity contribution in [3.05, 3.63) is 23.3 Å². The summed E-state index contributed by atoms with van der Waals surface area (Å²) >= 11 is 0. The molecule has 7 heteroatoms. The molecule has 2 aliphatic carbocycles. The van der Waals surface area contributed by atoms with E-state index in [2.05, 4.69) is 41.5 Å². The van der Waals surface area contributed by atoms with Gasteiger partial charge < -0.3 is 20.4 Å². The minimum atomic E-state index is -1.83. The Bertz CT molecular complexity index is 700. The standard InChI is InChI=1S/2C14H24O2.CH2O3/c2*1-10(13(15)16)9-11-5-7-12(8-6-11)14(2,3)4;2-1(3)4/h2*9,11-12H,5-8H2,1-4H3,(H,15,16);(H2,2,3,4). The lowest BCUT2D eigenvalue weighted by atomic mass is 9.69. The Morgan fingerprint density at radius 3 is 0.944 bits per heavy atom. The van der Waals surface area contributed by atoms with Crippen molar-refractivity contribution < 1.29 is 34.8 Å². The Kier molecular flexibility index (Phi) is 14.1. The molecule has 7 nitrogen and oxygen atoms in total. The molecule has 0 aliphatic heterocycles. The van der Waals surface area contributed by atoms with Crippen LogP contribution in [0.3, 0.4) is 0 Å². The normalized spacial score (nSPS) is 25.4. The van der Waals surface area contributed by atoms with Crippen LogP contribution in [0.2, 0.25) is 0 Å². The van der Waals surface area contributed by atoms with Crippen LogP contribution in [0.1, 0.15) is 107 Å². The van der Waals surface area contributed by atoms with E-state index in [1.807, 2.05) is 12.2 Å². The summed E-state index contributed by atoms with van der Waals surface area (Å²) < 4.78 is 0. The SMILES string of the molecule is CC(=CC1CCC(C(C)(C)C)CC1)C(=O)O.CC(=CC1CCC(C(C)(C)C)CC1)C(=O)O.O=C(O)O. The fourth-order valence-electron chi connectivity index (χ4n) is 5.15. The maximum Gasteiger partial charge on any atom is 0.503 e. The molecule has 0 aromatic carbocycles. The van der Waals surface area contributed by atoms with Gasteiger partial charge in [0.1, 0.15) is 0 Å². The van der Waals surface area contributed by atoms with Gasteiger partial charge in [0.05, 0.1) is 0 Å². The van der Waals surface area contributed by atoms with Gasteiger partial charge in [-0.2, -0.15) is 0 Å². The molecule has 2 saturated carbocycles. The van der Waals surface area contributed by atoms with Gasteiger partial charge in [0.15, 0.2) is 0 Å². The third kappa shape index (κ3) is 14.3. The summed E-state index contributed by atoms with van der Waals surface area (Å²) in [6, 6.07) is 0. The Labute approximate surface area is 217 Å². The number of hydrogen-bond donors (Lipinski definition) is 4. The fraction of sp³-hybridized carbons (Fsp3) is 0.759. The molecule has 0 spiro atoms. The van der Waals surface area contributed by atoms with Gasteiger partial charge in [-0.15, -0.1) is 0 Å². The number of carbonyl (C=O) groups is 3. The van der Waals surface area contributed by atoms with Crippen LogP contribution in [0.5, 0.6) is 0 Å². The summed E-state index contributed by atoms with van der Waals surface area (Å²) in [6.07, 6.45) is 11.6. The number of carboxylic acids is 2. The van der Waals surface area contributed by atoms with Crippen molar-refractivity contribution in [1.29, 1.82) is 0 Å². The number of aliphatic carboxylic acids is 2. The molecule has 0 amide bonds. The smallest absolute Gasteiger partial charge is 0.478 e. The minimum absolute atomic E-state index is 0.399. The molecule has 0 aromatic heterocycles. The van der Waals surface area contributed by atoms with E-state index in [-0.39, 0.29) is 0 Å². The van der Waals surface area contributed by atoms with Crippen LogP contribution in [0.4, 0.5) is 4.79 Å². The lowest BCUT2D eigenvalue weighted by Crippen LogP contribution is -2.25. The van der Waals surface area contributed by atoms with Gasteiger partial charge in [-0.25, -0.2) is 14.4 Å². The highest BCUT2D eigenvalue weighted by molar-refractivity contribution is 5.86. The summed E-state index contributed by atoms with van der Waals surface area (Å²) in [5.41, 5.74) is 1.80. The molecule has 2 aliphatic rings. The number of allylic oxidation sites excluding steroid dienone is 2. The van der Waals surface area contributed by atoms with Crippen LogP contribution >= 0.6 is 0 Å². The first-order valence-corrected chi connectivity index (χ1v) is 13.1. The Hall–Kier alpha value is -2.31. The highest BCUT2D eigenvalue weighted by atomic mass is 16.6. The second-order valence-electron chi connectivity index (χ2n) is 12.5. The summed E-state index contributed by atoms with van der Waals surface area (Å²) in [6.45, 7) is 17.2. The topological polar surface area (TPSA) is 132 Å². The van der Waals surface area contributed by atoms with Crippen LogP contribution in [0, 0.1) is 34.5 Å². The lowest BCUT2D eigenvalue weighted by molar-refractivity contribution is -0.133. The molecule has 2 fully saturated rings. The third-order valence-electron chi connectivity index (χ3n) is 7.64. The van der Waals surface area contributed by atoms with Gasteiger partial charge in [-0.05, 0) is 99.7 Å². The molecule has 0 bridgehead atoms. The maximum absolute atomic E-state index is 10.7. The number of rotatable bonds is 4. The van der Waals surface area contributed by atoms with Gasteiger partial charge >= 0.3 is 18.1 Å². The second kappa shape index (κ2) is 15.1. The Morgan fingerprint density at radius 2 is 0.778 bits per heavy atom. The third-order valence-corrected chi connectivity index (χ3v) is 7.64. The summed E-state index contributed by atoms with van der Waals surface area (Å²) in [4.78, 5) is 30.0. The van der Waals surface area contributed by atoms with Gasteiger partial charge in [-0.3, -0.25) is 0 Å². The number of hydrogen-bond acceptors (Lipinski definition) is 3.